The van der Waals surface area contributed by atoms with Gasteiger partial charge in [0.2, 0.25) is 0 Å². The summed E-state index contributed by atoms with van der Waals surface area (Å²) in [5, 5.41) is 3.21. The summed E-state index contributed by atoms with van der Waals surface area (Å²) < 4.78 is 5.49. The van der Waals surface area contributed by atoms with Gasteiger partial charge in [-0.25, -0.2) is 0 Å². The van der Waals surface area contributed by atoms with Crippen LogP contribution in [-0.4, -0.2) is 38.3 Å². The lowest BCUT2D eigenvalue weighted by atomic mass is 10.2. The van der Waals surface area contributed by atoms with Gasteiger partial charge in [0.1, 0.15) is 0 Å². The van der Waals surface area contributed by atoms with Crippen LogP contribution in [0.2, 0.25) is 0 Å². The molecular formula is C13H22N2OS. The lowest BCUT2D eigenvalue weighted by Crippen LogP contribution is -2.25. The Bertz CT molecular complexity index is 343. The molecule has 0 aromatic carbocycles. The Morgan fingerprint density at radius 3 is 3.12 bits per heavy atom. The van der Waals surface area contributed by atoms with Crippen molar-refractivity contribution in [1.29, 1.82) is 0 Å². The Morgan fingerprint density at radius 2 is 2.29 bits per heavy atom. The van der Waals surface area contributed by atoms with Gasteiger partial charge in [-0.1, -0.05) is 0 Å². The molecule has 1 saturated heterocycles. The summed E-state index contributed by atoms with van der Waals surface area (Å²) in [7, 11) is 2.00. The zero-order valence-electron chi connectivity index (χ0n) is 10.8. The summed E-state index contributed by atoms with van der Waals surface area (Å²) in [6.45, 7) is 8.32. The molecule has 0 saturated carbocycles. The first-order valence-electron chi connectivity index (χ1n) is 6.32. The lowest BCUT2D eigenvalue weighted by molar-refractivity contribution is 0.140. The van der Waals surface area contributed by atoms with Gasteiger partial charge in [0, 0.05) is 42.5 Å². The third kappa shape index (κ3) is 3.78. The monoisotopic (exact) mass is 254 g/mol. The van der Waals surface area contributed by atoms with Gasteiger partial charge in [-0.2, -0.15) is 0 Å². The van der Waals surface area contributed by atoms with Gasteiger partial charge in [0.05, 0.1) is 6.61 Å². The fourth-order valence-electron chi connectivity index (χ4n) is 2.20. The van der Waals surface area contributed by atoms with E-state index in [1.54, 1.807) is 0 Å². The van der Waals surface area contributed by atoms with Crippen molar-refractivity contribution < 1.29 is 4.74 Å². The van der Waals surface area contributed by atoms with Gasteiger partial charge in [-0.15, -0.1) is 11.3 Å². The molecule has 0 bridgehead atoms. The molecule has 0 atom stereocenters. The van der Waals surface area contributed by atoms with Crippen molar-refractivity contribution >= 4 is 11.3 Å². The molecular weight excluding hydrogens is 232 g/mol. The molecule has 0 amide bonds. The molecule has 0 spiro atoms. The second-order valence-electron chi connectivity index (χ2n) is 4.57. The highest BCUT2D eigenvalue weighted by molar-refractivity contribution is 7.12. The molecule has 2 heterocycles. The van der Waals surface area contributed by atoms with Gasteiger partial charge < -0.3 is 10.1 Å². The smallest absolute Gasteiger partial charge is 0.0593 e. The Hall–Kier alpha value is -0.420. The topological polar surface area (TPSA) is 24.5 Å². The third-order valence-electron chi connectivity index (χ3n) is 3.13. The zero-order chi connectivity index (χ0) is 12.1. The van der Waals surface area contributed by atoms with Crippen LogP contribution in [0.25, 0.3) is 0 Å². The minimum absolute atomic E-state index is 0.882. The van der Waals surface area contributed by atoms with Gasteiger partial charge >= 0.3 is 0 Å². The minimum atomic E-state index is 0.882. The Labute approximate surface area is 108 Å². The maximum Gasteiger partial charge on any atom is 0.0593 e. The van der Waals surface area contributed by atoms with Crippen molar-refractivity contribution in [3.63, 3.8) is 0 Å². The summed E-state index contributed by atoms with van der Waals surface area (Å²) in [5.41, 5.74) is 1.49. The number of aryl methyl sites for hydroxylation is 1. The third-order valence-corrected chi connectivity index (χ3v) is 4.22. The second kappa shape index (κ2) is 6.50. The van der Waals surface area contributed by atoms with Crippen molar-refractivity contribution in [3.05, 3.63) is 21.4 Å². The first-order chi connectivity index (χ1) is 8.29. The van der Waals surface area contributed by atoms with E-state index in [0.717, 1.165) is 45.8 Å². The van der Waals surface area contributed by atoms with E-state index in [2.05, 4.69) is 23.2 Å². The summed E-state index contributed by atoms with van der Waals surface area (Å²) in [6, 6.07) is 2.35. The van der Waals surface area contributed by atoms with Crippen molar-refractivity contribution in [3.8, 4) is 0 Å². The van der Waals surface area contributed by atoms with Crippen LogP contribution < -0.4 is 5.32 Å². The number of nitrogens with one attached hydrogen (secondary N) is 1. The van der Waals surface area contributed by atoms with Gasteiger partial charge in [0.25, 0.3) is 0 Å². The zero-order valence-corrected chi connectivity index (χ0v) is 11.6. The number of hydrogen-bond donors (Lipinski definition) is 1. The number of thiophene rings is 1. The maximum atomic E-state index is 5.49. The van der Waals surface area contributed by atoms with Crippen LogP contribution in [0.1, 0.15) is 21.7 Å². The molecule has 1 aromatic heterocycles. The van der Waals surface area contributed by atoms with E-state index in [0.29, 0.717) is 0 Å². The fraction of sp³-hybridized carbons (Fsp3) is 0.692. The summed E-state index contributed by atoms with van der Waals surface area (Å²) in [5.74, 6) is 0. The quantitative estimate of drug-likeness (QED) is 0.889. The Balaban J connectivity index is 1.96. The predicted octanol–water partition coefficient (Wildman–Crippen LogP) is 2.00. The highest BCUT2D eigenvalue weighted by Crippen LogP contribution is 2.23. The first kappa shape index (κ1) is 13.0. The van der Waals surface area contributed by atoms with E-state index >= 15 is 0 Å². The molecule has 17 heavy (non-hydrogen) atoms. The predicted molar refractivity (Wildman–Crippen MR) is 72.5 cm³/mol. The second-order valence-corrected chi connectivity index (χ2v) is 5.91. The standard InChI is InChI=1S/C13H22N2OS/c1-11-12(8-13(17-11)9-14-2)10-15-4-3-6-16-7-5-15/h8,14H,3-7,9-10H2,1-2H3. The van der Waals surface area contributed by atoms with Crippen molar-refractivity contribution in [2.75, 3.05) is 33.4 Å². The molecule has 0 unspecified atom stereocenters. The number of nitrogens with zero attached hydrogens (tertiary/aromatic N) is 1. The Kier molecular flexibility index (Phi) is 4.98. The van der Waals surface area contributed by atoms with Crippen LogP contribution in [0.15, 0.2) is 6.07 Å². The molecule has 4 heteroatoms. The van der Waals surface area contributed by atoms with Crippen LogP contribution >= 0.6 is 11.3 Å². The highest BCUT2D eigenvalue weighted by Gasteiger charge is 2.12. The van der Waals surface area contributed by atoms with E-state index in [1.807, 2.05) is 18.4 Å². The summed E-state index contributed by atoms with van der Waals surface area (Å²) in [4.78, 5) is 5.40. The minimum Gasteiger partial charge on any atom is -0.380 e. The average molecular weight is 254 g/mol. The molecule has 0 radical (unpaired) electrons. The van der Waals surface area contributed by atoms with Crippen LogP contribution in [0.4, 0.5) is 0 Å². The molecule has 96 valence electrons. The van der Waals surface area contributed by atoms with Crippen molar-refractivity contribution in [1.82, 2.24) is 10.2 Å². The first-order valence-corrected chi connectivity index (χ1v) is 7.14. The molecule has 1 fully saturated rings. The van der Waals surface area contributed by atoms with E-state index < -0.39 is 0 Å². The highest BCUT2D eigenvalue weighted by atomic mass is 32.1. The summed E-state index contributed by atoms with van der Waals surface area (Å²) in [6.07, 6.45) is 1.16. The van der Waals surface area contributed by atoms with E-state index in [4.69, 9.17) is 4.74 Å². The Morgan fingerprint density at radius 1 is 1.41 bits per heavy atom. The average Bonchev–Trinajstić information content (AvgIpc) is 2.54. The summed E-state index contributed by atoms with van der Waals surface area (Å²) >= 11 is 1.91. The van der Waals surface area contributed by atoms with Gasteiger partial charge in [-0.3, -0.25) is 4.90 Å². The SMILES string of the molecule is CNCc1cc(CN2CCCOCC2)c(C)s1. The number of rotatable bonds is 4. The number of hydrogen-bond acceptors (Lipinski definition) is 4. The molecule has 3 nitrogen and oxygen atoms in total. The number of ether oxygens (including phenoxy) is 1. The van der Waals surface area contributed by atoms with Gasteiger partial charge in [0.15, 0.2) is 0 Å². The maximum absolute atomic E-state index is 5.49. The van der Waals surface area contributed by atoms with Gasteiger partial charge in [-0.05, 0) is 32.0 Å². The molecule has 1 aliphatic rings. The molecule has 0 aliphatic carbocycles. The van der Waals surface area contributed by atoms with Crippen LogP contribution in [-0.2, 0) is 17.8 Å². The van der Waals surface area contributed by atoms with E-state index in [9.17, 15) is 0 Å². The lowest BCUT2D eigenvalue weighted by Gasteiger charge is -2.18. The van der Waals surface area contributed by atoms with Crippen LogP contribution in [0, 0.1) is 6.92 Å². The van der Waals surface area contributed by atoms with Crippen molar-refractivity contribution in [2.24, 2.45) is 0 Å². The van der Waals surface area contributed by atoms with Crippen molar-refractivity contribution in [2.45, 2.75) is 26.4 Å². The van der Waals surface area contributed by atoms with E-state index in [-0.39, 0.29) is 0 Å². The fourth-order valence-corrected chi connectivity index (χ4v) is 3.27. The molecule has 1 aromatic rings. The van der Waals surface area contributed by atoms with Crippen LogP contribution in [0.5, 0.6) is 0 Å². The van der Waals surface area contributed by atoms with E-state index in [1.165, 1.54) is 15.3 Å². The van der Waals surface area contributed by atoms with Crippen LogP contribution in [0.3, 0.4) is 0 Å². The largest absolute Gasteiger partial charge is 0.380 e. The molecule has 1 aliphatic heterocycles. The molecule has 2 rings (SSSR count). The molecule has 1 N–H and O–H groups in total. The normalized spacial score (nSPS) is 18.2.